The van der Waals surface area contributed by atoms with E-state index in [2.05, 4.69) is 0 Å². The zero-order valence-electron chi connectivity index (χ0n) is 13.5. The number of nitrogen functional groups attached to an aromatic ring is 1. The number of nitrogens with zero attached hydrogens (tertiary/aromatic N) is 2. The van der Waals surface area contributed by atoms with Crippen molar-refractivity contribution in [2.75, 3.05) is 19.3 Å². The molecule has 0 saturated heterocycles. The smallest absolute Gasteiger partial charge is 0.407 e. The molecule has 0 bridgehead atoms. The van der Waals surface area contributed by atoms with E-state index in [4.69, 9.17) is 5.73 Å². The van der Waals surface area contributed by atoms with E-state index in [1.807, 2.05) is 27.0 Å². The van der Waals surface area contributed by atoms with Crippen LogP contribution in [0.2, 0.25) is 0 Å². The fraction of sp³-hybridized carbons (Fsp3) is 0.500. The minimum absolute atomic E-state index is 0.00738. The predicted octanol–water partition coefficient (Wildman–Crippen LogP) is 2.59. The van der Waals surface area contributed by atoms with Crippen LogP contribution in [0, 0.1) is 0 Å². The van der Waals surface area contributed by atoms with Crippen LogP contribution in [0.3, 0.4) is 0 Å². The molecule has 0 saturated carbocycles. The molecule has 0 fully saturated rings. The van der Waals surface area contributed by atoms with Gasteiger partial charge < -0.3 is 15.7 Å². The molecule has 3 N–H and O–H groups in total. The summed E-state index contributed by atoms with van der Waals surface area (Å²) in [5.41, 5.74) is 8.15. The second kappa shape index (κ2) is 5.61. The second-order valence-corrected chi connectivity index (χ2v) is 6.08. The number of quaternary nitrogens is 1. The highest BCUT2D eigenvalue weighted by molar-refractivity contribution is 5.88. The lowest BCUT2D eigenvalue weighted by Gasteiger charge is -2.45. The van der Waals surface area contributed by atoms with Crippen LogP contribution in [0.25, 0.3) is 0 Å². The molecule has 6 nitrogen and oxygen atoms in total. The number of amides is 2. The Labute approximate surface area is 130 Å². The van der Waals surface area contributed by atoms with Crippen molar-refractivity contribution in [3.63, 3.8) is 0 Å². The first kappa shape index (κ1) is 16.3. The number of fused-ring (bicyclic) bond motifs is 1. The fourth-order valence-electron chi connectivity index (χ4n) is 3.43. The number of rotatable bonds is 2. The number of hydrogen-bond donors (Lipinski definition) is 2. The quantitative estimate of drug-likeness (QED) is 0.650. The molecule has 0 aromatic heterocycles. The highest BCUT2D eigenvalue weighted by atomic mass is 16.4. The predicted molar refractivity (Wildman–Crippen MR) is 86.5 cm³/mol. The largest absolute Gasteiger partial charge is 0.465 e. The van der Waals surface area contributed by atoms with Crippen LogP contribution in [0.5, 0.6) is 0 Å². The van der Waals surface area contributed by atoms with E-state index >= 15 is 0 Å². The number of benzene rings is 1. The Morgan fingerprint density at radius 2 is 2.09 bits per heavy atom. The van der Waals surface area contributed by atoms with Gasteiger partial charge in [-0.25, -0.2) is 14.1 Å². The highest BCUT2D eigenvalue weighted by Gasteiger charge is 2.47. The van der Waals surface area contributed by atoms with Crippen LogP contribution < -0.4 is 10.2 Å². The Bertz CT molecular complexity index is 617. The second-order valence-electron chi connectivity index (χ2n) is 6.08. The van der Waals surface area contributed by atoms with Crippen molar-refractivity contribution in [1.29, 1.82) is 0 Å². The number of carbonyl (C=O) groups is 2. The van der Waals surface area contributed by atoms with Crippen LogP contribution in [0.1, 0.15) is 38.8 Å². The third kappa shape index (κ3) is 2.33. The number of hydrogen-bond acceptors (Lipinski definition) is 3. The summed E-state index contributed by atoms with van der Waals surface area (Å²) in [5, 5.41) is 9.47. The van der Waals surface area contributed by atoms with Crippen molar-refractivity contribution in [3.8, 4) is 0 Å². The lowest BCUT2D eigenvalue weighted by molar-refractivity contribution is -0.129. The maximum absolute atomic E-state index is 12.3. The van der Waals surface area contributed by atoms with Gasteiger partial charge in [-0.3, -0.25) is 0 Å². The van der Waals surface area contributed by atoms with E-state index < -0.39 is 6.09 Å². The number of carbonyl (C=O) groups excluding carboxylic acids is 1. The van der Waals surface area contributed by atoms with Gasteiger partial charge in [0.1, 0.15) is 5.69 Å². The molecule has 0 aliphatic carbocycles. The molecule has 1 aliphatic heterocycles. The summed E-state index contributed by atoms with van der Waals surface area (Å²) in [6.45, 7) is 5.78. The van der Waals surface area contributed by atoms with Gasteiger partial charge in [0.05, 0.1) is 26.1 Å². The standard InChI is InChI=1S/C16H23N3O3/c1-5-18(16(21)22)14-8-10(2)19(4,11(3)20)15-7-6-12(17)9-13(14)15/h6-7,9-10,14H,5,8,17H2,1-4H3/p+1/t10-,14+,19?/m0/s1. The molecule has 2 amide bonds. The van der Waals surface area contributed by atoms with Crippen molar-refractivity contribution >= 4 is 23.4 Å². The molecule has 22 heavy (non-hydrogen) atoms. The van der Waals surface area contributed by atoms with Gasteiger partial charge in [0, 0.05) is 30.3 Å². The van der Waals surface area contributed by atoms with Gasteiger partial charge >= 0.3 is 12.0 Å². The molecular weight excluding hydrogens is 282 g/mol. The molecule has 1 unspecified atom stereocenters. The SMILES string of the molecule is CCN(C(=O)O)[C@@H]1C[C@H](C)[N+](C)(C(C)=O)c2ccc(N)cc21. The van der Waals surface area contributed by atoms with Crippen LogP contribution in [-0.4, -0.2) is 41.6 Å². The average molecular weight is 306 g/mol. The Balaban J connectivity index is 2.66. The van der Waals surface area contributed by atoms with Gasteiger partial charge in [-0.15, -0.1) is 0 Å². The summed E-state index contributed by atoms with van der Waals surface area (Å²) in [6.07, 6.45) is -0.362. The van der Waals surface area contributed by atoms with Gasteiger partial charge in [-0.2, -0.15) is 0 Å². The summed E-state index contributed by atoms with van der Waals surface area (Å²) in [6, 6.07) is 5.14. The minimum Gasteiger partial charge on any atom is -0.465 e. The third-order valence-electron chi connectivity index (χ3n) is 4.97. The fourth-order valence-corrected chi connectivity index (χ4v) is 3.43. The molecule has 0 radical (unpaired) electrons. The molecule has 0 spiro atoms. The Kier molecular flexibility index (Phi) is 4.15. The lowest BCUT2D eigenvalue weighted by Crippen LogP contribution is -2.60. The molecule has 2 rings (SSSR count). The first-order chi connectivity index (χ1) is 10.2. The van der Waals surface area contributed by atoms with E-state index in [-0.39, 0.29) is 22.5 Å². The van der Waals surface area contributed by atoms with Crippen molar-refractivity contribution < 1.29 is 14.7 Å². The van der Waals surface area contributed by atoms with Gasteiger partial charge in [0.2, 0.25) is 0 Å². The molecule has 120 valence electrons. The molecule has 6 heteroatoms. The zero-order chi connectivity index (χ0) is 16.7. The van der Waals surface area contributed by atoms with Crippen molar-refractivity contribution in [2.24, 2.45) is 0 Å². The molecule has 1 heterocycles. The van der Waals surface area contributed by atoms with E-state index in [9.17, 15) is 14.7 Å². The summed E-state index contributed by atoms with van der Waals surface area (Å²) >= 11 is 0. The van der Waals surface area contributed by atoms with Gasteiger partial charge in [-0.05, 0) is 26.0 Å². The van der Waals surface area contributed by atoms with Crippen LogP contribution >= 0.6 is 0 Å². The first-order valence-corrected chi connectivity index (χ1v) is 7.50. The van der Waals surface area contributed by atoms with Gasteiger partial charge in [-0.1, -0.05) is 0 Å². The van der Waals surface area contributed by atoms with E-state index in [0.29, 0.717) is 18.7 Å². The number of anilines is 1. The van der Waals surface area contributed by atoms with Crippen LogP contribution in [-0.2, 0) is 4.79 Å². The van der Waals surface area contributed by atoms with Crippen LogP contribution in [0.15, 0.2) is 18.2 Å². The highest BCUT2D eigenvalue weighted by Crippen LogP contribution is 2.44. The summed E-state index contributed by atoms with van der Waals surface area (Å²) < 4.78 is 0.170. The maximum Gasteiger partial charge on any atom is 0.407 e. The molecular formula is C16H24N3O3+. The topological polar surface area (TPSA) is 83.6 Å². The Hall–Kier alpha value is -2.08. The average Bonchev–Trinajstić information content (AvgIpc) is 2.44. The Morgan fingerprint density at radius 1 is 1.45 bits per heavy atom. The molecule has 1 aliphatic rings. The number of carboxylic acid groups (broad SMARTS) is 1. The third-order valence-corrected chi connectivity index (χ3v) is 4.97. The van der Waals surface area contributed by atoms with E-state index in [1.54, 1.807) is 19.1 Å². The van der Waals surface area contributed by atoms with Crippen molar-refractivity contribution in [2.45, 2.75) is 39.3 Å². The van der Waals surface area contributed by atoms with Gasteiger partial charge in [0.15, 0.2) is 0 Å². The number of nitrogens with two attached hydrogens (primary N) is 1. The normalized spacial score (nSPS) is 27.1. The Morgan fingerprint density at radius 3 is 2.59 bits per heavy atom. The van der Waals surface area contributed by atoms with Crippen molar-refractivity contribution in [3.05, 3.63) is 23.8 Å². The zero-order valence-corrected chi connectivity index (χ0v) is 13.5. The maximum atomic E-state index is 12.3. The summed E-state index contributed by atoms with van der Waals surface area (Å²) in [5.74, 6) is 0.0374. The van der Waals surface area contributed by atoms with Crippen molar-refractivity contribution in [1.82, 2.24) is 9.38 Å². The van der Waals surface area contributed by atoms with E-state index in [1.165, 1.54) is 4.90 Å². The monoisotopic (exact) mass is 306 g/mol. The molecule has 3 atom stereocenters. The summed E-state index contributed by atoms with van der Waals surface area (Å²) in [7, 11) is 1.88. The van der Waals surface area contributed by atoms with Crippen LogP contribution in [0.4, 0.5) is 16.2 Å². The lowest BCUT2D eigenvalue weighted by atomic mass is 9.88. The first-order valence-electron chi connectivity index (χ1n) is 7.50. The summed E-state index contributed by atoms with van der Waals surface area (Å²) in [4.78, 5) is 25.2. The van der Waals surface area contributed by atoms with Gasteiger partial charge in [0.25, 0.3) is 0 Å². The van der Waals surface area contributed by atoms with E-state index in [0.717, 1.165) is 11.3 Å². The minimum atomic E-state index is -0.952. The molecule has 1 aromatic rings. The molecule has 1 aromatic carbocycles.